The molecule has 5 heteroatoms. The van der Waals surface area contributed by atoms with E-state index in [4.69, 9.17) is 4.42 Å². The van der Waals surface area contributed by atoms with Gasteiger partial charge in [0.25, 0.3) is 0 Å². The van der Waals surface area contributed by atoms with Crippen LogP contribution in [0.2, 0.25) is 0 Å². The molecule has 1 saturated carbocycles. The van der Waals surface area contributed by atoms with Crippen LogP contribution < -0.4 is 0 Å². The second-order valence-corrected chi connectivity index (χ2v) is 5.29. The summed E-state index contributed by atoms with van der Waals surface area (Å²) in [5.74, 6) is -1.14. The molecule has 1 heterocycles. The van der Waals surface area contributed by atoms with Crippen LogP contribution in [-0.2, 0) is 4.79 Å². The van der Waals surface area contributed by atoms with Crippen molar-refractivity contribution in [1.29, 1.82) is 0 Å². The number of aromatic nitrogens is 1. The van der Waals surface area contributed by atoms with Crippen molar-refractivity contribution in [2.75, 3.05) is 0 Å². The van der Waals surface area contributed by atoms with Gasteiger partial charge in [0.15, 0.2) is 11.5 Å². The summed E-state index contributed by atoms with van der Waals surface area (Å²) < 4.78 is 18.7. The number of hydrogen-bond acceptors (Lipinski definition) is 3. The van der Waals surface area contributed by atoms with Crippen molar-refractivity contribution in [2.45, 2.75) is 25.7 Å². The Balaban J connectivity index is 2.01. The SMILES string of the molecule is CC1CC(C(=O)O)C(c2nc3ccc(F)cc3o2)C1. The third kappa shape index (κ3) is 2.09. The van der Waals surface area contributed by atoms with Crippen LogP contribution in [0.5, 0.6) is 0 Å². The van der Waals surface area contributed by atoms with E-state index in [1.807, 2.05) is 6.92 Å². The number of aliphatic carboxylic acids is 1. The maximum Gasteiger partial charge on any atom is 0.307 e. The van der Waals surface area contributed by atoms with Gasteiger partial charge in [0.05, 0.1) is 5.92 Å². The van der Waals surface area contributed by atoms with Gasteiger partial charge in [-0.1, -0.05) is 6.92 Å². The van der Waals surface area contributed by atoms with E-state index in [0.29, 0.717) is 29.3 Å². The van der Waals surface area contributed by atoms with E-state index in [1.54, 1.807) is 6.07 Å². The molecule has 0 saturated heterocycles. The van der Waals surface area contributed by atoms with Gasteiger partial charge in [-0.15, -0.1) is 0 Å². The van der Waals surface area contributed by atoms with Crippen molar-refractivity contribution in [1.82, 2.24) is 4.98 Å². The summed E-state index contributed by atoms with van der Waals surface area (Å²) in [6.07, 6.45) is 1.37. The number of carbonyl (C=O) groups is 1. The second-order valence-electron chi connectivity index (χ2n) is 5.29. The normalized spacial score (nSPS) is 26.9. The minimum Gasteiger partial charge on any atom is -0.481 e. The lowest BCUT2D eigenvalue weighted by Gasteiger charge is -2.10. The predicted molar refractivity (Wildman–Crippen MR) is 66.2 cm³/mol. The molecule has 1 aromatic carbocycles. The molecule has 3 unspecified atom stereocenters. The average molecular weight is 263 g/mol. The number of rotatable bonds is 2. The molecule has 2 aromatic rings. The van der Waals surface area contributed by atoms with Crippen molar-refractivity contribution >= 4 is 17.1 Å². The van der Waals surface area contributed by atoms with Crippen LogP contribution in [0.1, 0.15) is 31.6 Å². The van der Waals surface area contributed by atoms with Gasteiger partial charge in [-0.2, -0.15) is 0 Å². The fourth-order valence-electron chi connectivity index (χ4n) is 2.91. The third-order valence-corrected chi connectivity index (χ3v) is 3.80. The lowest BCUT2D eigenvalue weighted by Crippen LogP contribution is -2.17. The fourth-order valence-corrected chi connectivity index (χ4v) is 2.91. The summed E-state index contributed by atoms with van der Waals surface area (Å²) in [6, 6.07) is 4.15. The first-order valence-corrected chi connectivity index (χ1v) is 6.33. The minimum absolute atomic E-state index is 0.219. The molecule has 0 aliphatic heterocycles. The van der Waals surface area contributed by atoms with Crippen LogP contribution in [0.15, 0.2) is 22.6 Å². The van der Waals surface area contributed by atoms with Gasteiger partial charge in [-0.05, 0) is 30.9 Å². The molecule has 1 aromatic heterocycles. The summed E-state index contributed by atoms with van der Waals surface area (Å²) in [5, 5.41) is 9.25. The third-order valence-electron chi connectivity index (χ3n) is 3.80. The molecule has 4 nitrogen and oxygen atoms in total. The number of hydrogen-bond donors (Lipinski definition) is 1. The minimum atomic E-state index is -0.817. The van der Waals surface area contributed by atoms with Crippen molar-refractivity contribution < 1.29 is 18.7 Å². The first-order chi connectivity index (χ1) is 9.04. The number of oxazole rings is 1. The van der Waals surface area contributed by atoms with Crippen LogP contribution in [0.3, 0.4) is 0 Å². The zero-order valence-electron chi connectivity index (χ0n) is 10.5. The molecule has 0 spiro atoms. The van der Waals surface area contributed by atoms with Gasteiger partial charge in [0.2, 0.25) is 0 Å². The van der Waals surface area contributed by atoms with Crippen molar-refractivity contribution in [3.8, 4) is 0 Å². The number of carboxylic acids is 1. The van der Waals surface area contributed by atoms with Crippen molar-refractivity contribution in [3.63, 3.8) is 0 Å². The molecule has 1 N–H and O–H groups in total. The molecule has 0 bridgehead atoms. The summed E-state index contributed by atoms with van der Waals surface area (Å²) in [6.45, 7) is 2.03. The Bertz CT molecular complexity index is 637. The summed E-state index contributed by atoms with van der Waals surface area (Å²) >= 11 is 0. The van der Waals surface area contributed by atoms with Crippen molar-refractivity contribution in [3.05, 3.63) is 29.9 Å². The molecule has 100 valence electrons. The van der Waals surface area contributed by atoms with Gasteiger partial charge in [-0.25, -0.2) is 9.37 Å². The fraction of sp³-hybridized carbons (Fsp3) is 0.429. The lowest BCUT2D eigenvalue weighted by molar-refractivity contribution is -0.142. The second kappa shape index (κ2) is 4.33. The van der Waals surface area contributed by atoms with Crippen LogP contribution in [-0.4, -0.2) is 16.1 Å². The summed E-state index contributed by atoms with van der Waals surface area (Å²) in [4.78, 5) is 15.6. The van der Waals surface area contributed by atoms with E-state index in [2.05, 4.69) is 4.98 Å². The first-order valence-electron chi connectivity index (χ1n) is 6.33. The van der Waals surface area contributed by atoms with Gasteiger partial charge >= 0.3 is 5.97 Å². The topological polar surface area (TPSA) is 63.3 Å². The standard InChI is InChI=1S/C14H14FNO3/c1-7-4-9(10(5-7)14(17)18)13-16-11-3-2-8(15)6-12(11)19-13/h2-3,6-7,9-10H,4-5H2,1H3,(H,17,18). The summed E-state index contributed by atoms with van der Waals surface area (Å²) in [5.41, 5.74) is 0.943. The maximum atomic E-state index is 13.1. The van der Waals surface area contributed by atoms with Gasteiger partial charge in [0.1, 0.15) is 11.3 Å². The monoisotopic (exact) mass is 263 g/mol. The van der Waals surface area contributed by atoms with E-state index < -0.39 is 11.9 Å². The Labute approximate surface area is 109 Å². The van der Waals surface area contributed by atoms with E-state index >= 15 is 0 Å². The highest BCUT2D eigenvalue weighted by Crippen LogP contribution is 2.43. The van der Waals surface area contributed by atoms with E-state index in [9.17, 15) is 14.3 Å². The lowest BCUT2D eigenvalue weighted by atomic mass is 9.96. The predicted octanol–water partition coefficient (Wildman–Crippen LogP) is 3.18. The van der Waals surface area contributed by atoms with Gasteiger partial charge < -0.3 is 9.52 Å². The van der Waals surface area contributed by atoms with Crippen LogP contribution >= 0.6 is 0 Å². The Kier molecular flexibility index (Phi) is 2.77. The molecule has 3 atom stereocenters. The molecular formula is C14H14FNO3. The summed E-state index contributed by atoms with van der Waals surface area (Å²) in [7, 11) is 0. The highest BCUT2D eigenvalue weighted by molar-refractivity contribution is 5.74. The van der Waals surface area contributed by atoms with Gasteiger partial charge in [0, 0.05) is 12.0 Å². The van der Waals surface area contributed by atoms with Crippen LogP contribution in [0.25, 0.3) is 11.1 Å². The van der Waals surface area contributed by atoms with E-state index in [1.165, 1.54) is 12.1 Å². The molecule has 1 aliphatic carbocycles. The largest absolute Gasteiger partial charge is 0.481 e. The Morgan fingerprint density at radius 3 is 3.00 bits per heavy atom. The average Bonchev–Trinajstić information content (AvgIpc) is 2.91. The smallest absolute Gasteiger partial charge is 0.307 e. The number of nitrogens with zero attached hydrogens (tertiary/aromatic N) is 1. The number of benzene rings is 1. The number of carboxylic acid groups (broad SMARTS) is 1. The highest BCUT2D eigenvalue weighted by atomic mass is 19.1. The van der Waals surface area contributed by atoms with Crippen molar-refractivity contribution in [2.24, 2.45) is 11.8 Å². The van der Waals surface area contributed by atoms with E-state index in [0.717, 1.165) is 6.42 Å². The Morgan fingerprint density at radius 2 is 2.26 bits per heavy atom. The molecule has 1 fully saturated rings. The highest BCUT2D eigenvalue weighted by Gasteiger charge is 2.40. The number of fused-ring (bicyclic) bond motifs is 1. The maximum absolute atomic E-state index is 13.1. The Hall–Kier alpha value is -1.91. The first kappa shape index (κ1) is 12.1. The number of halogens is 1. The van der Waals surface area contributed by atoms with E-state index in [-0.39, 0.29) is 11.7 Å². The van der Waals surface area contributed by atoms with Gasteiger partial charge in [-0.3, -0.25) is 4.79 Å². The molecule has 1 aliphatic rings. The molecule has 0 radical (unpaired) electrons. The molecular weight excluding hydrogens is 249 g/mol. The zero-order chi connectivity index (χ0) is 13.6. The van der Waals surface area contributed by atoms with Crippen LogP contribution in [0.4, 0.5) is 4.39 Å². The Morgan fingerprint density at radius 1 is 1.47 bits per heavy atom. The van der Waals surface area contributed by atoms with Crippen LogP contribution in [0, 0.1) is 17.7 Å². The molecule has 0 amide bonds. The molecule has 3 rings (SSSR count). The zero-order valence-corrected chi connectivity index (χ0v) is 10.5. The quantitative estimate of drug-likeness (QED) is 0.903. The molecule has 19 heavy (non-hydrogen) atoms.